The number of nitrogens with zero attached hydrogens (tertiary/aromatic N) is 2. The lowest BCUT2D eigenvalue weighted by atomic mass is 10.1. The molecule has 9 heteroatoms. The average Bonchev–Trinajstić information content (AvgIpc) is 3.04. The number of likely N-dealkylation sites (N-methyl/N-ethyl adjacent to an activating group) is 1. The first kappa shape index (κ1) is 18.4. The fourth-order valence-corrected chi connectivity index (χ4v) is 2.62. The van der Waals surface area contributed by atoms with Crippen LogP contribution >= 0.6 is 0 Å². The van der Waals surface area contributed by atoms with Crippen molar-refractivity contribution in [2.45, 2.75) is 6.18 Å². The summed E-state index contributed by atoms with van der Waals surface area (Å²) in [6, 6.07) is 11.6. The van der Waals surface area contributed by atoms with Gasteiger partial charge in [0.25, 0.3) is 5.91 Å². The lowest BCUT2D eigenvalue weighted by Crippen LogP contribution is -2.35. The molecule has 2 aromatic carbocycles. The van der Waals surface area contributed by atoms with Crippen molar-refractivity contribution in [3.05, 3.63) is 59.8 Å². The van der Waals surface area contributed by atoms with Crippen molar-refractivity contribution in [2.24, 2.45) is 0 Å². The van der Waals surface area contributed by atoms with Gasteiger partial charge in [0.05, 0.1) is 23.3 Å². The Morgan fingerprint density at radius 1 is 1.11 bits per heavy atom. The monoisotopic (exact) mass is 376 g/mol. The third-order valence-corrected chi connectivity index (χ3v) is 3.91. The van der Waals surface area contributed by atoms with Gasteiger partial charge in [-0.1, -0.05) is 30.3 Å². The van der Waals surface area contributed by atoms with Crippen LogP contribution in [-0.4, -0.2) is 40.5 Å². The quantitative estimate of drug-likeness (QED) is 0.734. The Balaban J connectivity index is 1.72. The highest BCUT2D eigenvalue weighted by atomic mass is 19.4. The number of carbonyl (C=O) groups excluding carboxylic acids is 2. The van der Waals surface area contributed by atoms with Crippen LogP contribution in [0.4, 0.5) is 18.9 Å². The van der Waals surface area contributed by atoms with E-state index in [2.05, 4.69) is 15.5 Å². The van der Waals surface area contributed by atoms with Crippen molar-refractivity contribution < 1.29 is 22.8 Å². The summed E-state index contributed by atoms with van der Waals surface area (Å²) in [7, 11) is 1.38. The summed E-state index contributed by atoms with van der Waals surface area (Å²) in [5.74, 6) is -1.27. The van der Waals surface area contributed by atoms with E-state index in [1.807, 2.05) is 0 Å². The molecule has 0 radical (unpaired) electrons. The van der Waals surface area contributed by atoms with Gasteiger partial charge in [-0.25, -0.2) is 0 Å². The number of nitrogens with one attached hydrogen (secondary N) is 2. The van der Waals surface area contributed by atoms with Gasteiger partial charge >= 0.3 is 6.18 Å². The Morgan fingerprint density at radius 2 is 1.78 bits per heavy atom. The van der Waals surface area contributed by atoms with Crippen LogP contribution in [0.5, 0.6) is 0 Å². The Bertz CT molecular complexity index is 997. The van der Waals surface area contributed by atoms with Crippen LogP contribution in [0.25, 0.3) is 10.9 Å². The van der Waals surface area contributed by atoms with Crippen LogP contribution in [0, 0.1) is 0 Å². The van der Waals surface area contributed by atoms with Gasteiger partial charge in [-0.05, 0) is 18.2 Å². The summed E-state index contributed by atoms with van der Waals surface area (Å²) in [5, 5.41) is 9.47. The Kier molecular flexibility index (Phi) is 4.85. The molecule has 3 rings (SSSR count). The molecule has 0 spiro atoms. The number of alkyl halides is 3. The maximum atomic E-state index is 13.0. The molecule has 0 aliphatic heterocycles. The smallest absolute Gasteiger partial charge is 0.331 e. The number of aromatic amines is 1. The highest BCUT2D eigenvalue weighted by Crippen LogP contribution is 2.34. The minimum atomic E-state index is -4.60. The van der Waals surface area contributed by atoms with Crippen LogP contribution in [0.15, 0.2) is 48.5 Å². The van der Waals surface area contributed by atoms with Crippen LogP contribution in [0.3, 0.4) is 0 Å². The van der Waals surface area contributed by atoms with Crippen molar-refractivity contribution in [1.82, 2.24) is 15.1 Å². The van der Waals surface area contributed by atoms with Crippen molar-refractivity contribution in [3.63, 3.8) is 0 Å². The number of hydrogen-bond acceptors (Lipinski definition) is 3. The fraction of sp³-hybridized carbons (Fsp3) is 0.167. The maximum absolute atomic E-state index is 13.0. The maximum Gasteiger partial charge on any atom is 0.418 e. The van der Waals surface area contributed by atoms with Crippen LogP contribution in [-0.2, 0) is 11.0 Å². The summed E-state index contributed by atoms with van der Waals surface area (Å²) < 4.78 is 39.0. The molecule has 27 heavy (non-hydrogen) atoms. The summed E-state index contributed by atoms with van der Waals surface area (Å²) in [4.78, 5) is 25.7. The molecule has 140 valence electrons. The average molecular weight is 376 g/mol. The molecule has 0 aliphatic carbocycles. The molecule has 2 amide bonds. The third kappa shape index (κ3) is 3.91. The van der Waals surface area contributed by atoms with Crippen molar-refractivity contribution in [1.29, 1.82) is 0 Å². The number of rotatable bonds is 4. The van der Waals surface area contributed by atoms with Crippen molar-refractivity contribution in [2.75, 3.05) is 18.9 Å². The number of anilines is 1. The zero-order chi connectivity index (χ0) is 19.6. The molecule has 2 N–H and O–H groups in total. The molecule has 6 nitrogen and oxygen atoms in total. The SMILES string of the molecule is CN(CC(=O)Nc1ccccc1C(F)(F)F)C(=O)c1n[nH]c2ccccc12. The molecular formula is C18H15F3N4O2. The minimum absolute atomic E-state index is 0.136. The first-order chi connectivity index (χ1) is 12.8. The first-order valence-corrected chi connectivity index (χ1v) is 7.92. The molecular weight excluding hydrogens is 361 g/mol. The summed E-state index contributed by atoms with van der Waals surface area (Å²) in [6.45, 7) is -0.424. The molecule has 3 aromatic rings. The Labute approximate surface area is 152 Å². The van der Waals surface area contributed by atoms with E-state index in [9.17, 15) is 22.8 Å². The third-order valence-electron chi connectivity index (χ3n) is 3.91. The number of hydrogen-bond donors (Lipinski definition) is 2. The first-order valence-electron chi connectivity index (χ1n) is 7.92. The van der Waals surface area contributed by atoms with Crippen LogP contribution in [0.2, 0.25) is 0 Å². The number of carbonyl (C=O) groups is 2. The number of halogens is 3. The largest absolute Gasteiger partial charge is 0.418 e. The number of para-hydroxylation sites is 2. The molecule has 0 saturated heterocycles. The van der Waals surface area contributed by atoms with Gasteiger partial charge in [-0.15, -0.1) is 0 Å². The van der Waals surface area contributed by atoms with E-state index >= 15 is 0 Å². The standard InChI is InChI=1S/C18H15F3N4O2/c1-25(17(27)16-11-6-2-4-8-13(11)23-24-16)10-15(26)22-14-9-5-3-7-12(14)18(19,20)21/h2-9H,10H2,1H3,(H,22,26)(H,23,24). The predicted molar refractivity (Wildman–Crippen MR) is 93.1 cm³/mol. The normalized spacial score (nSPS) is 11.4. The van der Waals surface area contributed by atoms with Gasteiger partial charge in [0.2, 0.25) is 5.91 Å². The van der Waals surface area contributed by atoms with E-state index in [0.717, 1.165) is 17.0 Å². The summed E-state index contributed by atoms with van der Waals surface area (Å²) in [5.41, 5.74) is -0.513. The van der Waals surface area contributed by atoms with E-state index in [0.29, 0.717) is 10.9 Å². The predicted octanol–water partition coefficient (Wildman–Crippen LogP) is 3.29. The highest BCUT2D eigenvalue weighted by molar-refractivity contribution is 6.06. The van der Waals surface area contributed by atoms with E-state index in [1.54, 1.807) is 24.3 Å². The fourth-order valence-electron chi connectivity index (χ4n) is 2.62. The second-order valence-corrected chi connectivity index (χ2v) is 5.87. The van der Waals surface area contributed by atoms with Gasteiger partial charge in [0.15, 0.2) is 5.69 Å². The summed E-state index contributed by atoms with van der Waals surface area (Å²) in [6.07, 6.45) is -4.60. The van der Waals surface area contributed by atoms with Gasteiger partial charge in [0, 0.05) is 12.4 Å². The number of H-pyrrole nitrogens is 1. The van der Waals surface area contributed by atoms with E-state index in [4.69, 9.17) is 0 Å². The zero-order valence-corrected chi connectivity index (χ0v) is 14.2. The van der Waals surface area contributed by atoms with Gasteiger partial charge in [0.1, 0.15) is 0 Å². The van der Waals surface area contributed by atoms with E-state index in [1.165, 1.54) is 19.2 Å². The molecule has 0 unspecified atom stereocenters. The molecule has 0 fully saturated rings. The molecule has 0 saturated carbocycles. The number of benzene rings is 2. The molecule has 1 heterocycles. The minimum Gasteiger partial charge on any atom is -0.331 e. The van der Waals surface area contributed by atoms with Gasteiger partial charge in [-0.3, -0.25) is 14.7 Å². The van der Waals surface area contributed by atoms with Crippen LogP contribution in [0.1, 0.15) is 16.1 Å². The molecule has 0 atom stereocenters. The van der Waals surface area contributed by atoms with Crippen molar-refractivity contribution >= 4 is 28.4 Å². The molecule has 1 aromatic heterocycles. The Morgan fingerprint density at radius 3 is 2.52 bits per heavy atom. The van der Waals surface area contributed by atoms with Gasteiger partial charge in [-0.2, -0.15) is 18.3 Å². The number of fused-ring (bicyclic) bond motifs is 1. The van der Waals surface area contributed by atoms with Crippen molar-refractivity contribution in [3.8, 4) is 0 Å². The lowest BCUT2D eigenvalue weighted by molar-refractivity contribution is -0.137. The van der Waals surface area contributed by atoms with E-state index in [-0.39, 0.29) is 11.4 Å². The molecule has 0 bridgehead atoms. The second-order valence-electron chi connectivity index (χ2n) is 5.87. The van der Waals surface area contributed by atoms with Gasteiger partial charge < -0.3 is 10.2 Å². The van der Waals surface area contributed by atoms with Crippen LogP contribution < -0.4 is 5.32 Å². The zero-order valence-electron chi connectivity index (χ0n) is 14.2. The number of aromatic nitrogens is 2. The number of amides is 2. The second kappa shape index (κ2) is 7.10. The highest BCUT2D eigenvalue weighted by Gasteiger charge is 2.33. The topological polar surface area (TPSA) is 78.1 Å². The van der Waals surface area contributed by atoms with E-state index < -0.39 is 30.1 Å². The molecule has 0 aliphatic rings. The lowest BCUT2D eigenvalue weighted by Gasteiger charge is -2.17. The summed E-state index contributed by atoms with van der Waals surface area (Å²) >= 11 is 0. The Hall–Kier alpha value is -3.36.